The standard InChI is InChI=1S/C8H14O3/c1-5-2-3-7(9)6(4-5)8(10)11/h5-7,9H,2-4H2,1H3,(H,10,11). The Morgan fingerprint density at radius 2 is 2.09 bits per heavy atom. The molecule has 1 saturated carbocycles. The van der Waals surface area contributed by atoms with Crippen LogP contribution in [0.25, 0.3) is 0 Å². The largest absolute Gasteiger partial charge is 0.481 e. The van der Waals surface area contributed by atoms with Gasteiger partial charge in [-0.2, -0.15) is 0 Å². The molecule has 0 amide bonds. The van der Waals surface area contributed by atoms with Crippen LogP contribution in [0.4, 0.5) is 0 Å². The lowest BCUT2D eigenvalue weighted by Gasteiger charge is -2.28. The van der Waals surface area contributed by atoms with E-state index in [1.54, 1.807) is 0 Å². The van der Waals surface area contributed by atoms with Gasteiger partial charge in [0.15, 0.2) is 0 Å². The van der Waals surface area contributed by atoms with Crippen molar-refractivity contribution < 1.29 is 15.0 Å². The second kappa shape index (κ2) is 3.22. The Kier molecular flexibility index (Phi) is 2.49. The molecule has 3 nitrogen and oxygen atoms in total. The van der Waals surface area contributed by atoms with Crippen LogP contribution < -0.4 is 0 Å². The zero-order chi connectivity index (χ0) is 8.43. The zero-order valence-corrected chi connectivity index (χ0v) is 6.66. The number of aliphatic carboxylic acids is 1. The van der Waals surface area contributed by atoms with Crippen LogP contribution >= 0.6 is 0 Å². The summed E-state index contributed by atoms with van der Waals surface area (Å²) in [5.41, 5.74) is 0. The smallest absolute Gasteiger partial charge is 0.309 e. The molecule has 3 unspecified atom stereocenters. The van der Waals surface area contributed by atoms with Gasteiger partial charge in [0.25, 0.3) is 0 Å². The molecule has 0 aromatic rings. The van der Waals surface area contributed by atoms with Gasteiger partial charge in [-0.05, 0) is 25.2 Å². The molecule has 1 aliphatic rings. The number of carboxylic acid groups (broad SMARTS) is 1. The van der Waals surface area contributed by atoms with Gasteiger partial charge in [-0.3, -0.25) is 4.79 Å². The van der Waals surface area contributed by atoms with Crippen LogP contribution in [0.2, 0.25) is 0 Å². The Bertz CT molecular complexity index is 155. The van der Waals surface area contributed by atoms with Crippen LogP contribution in [-0.4, -0.2) is 22.3 Å². The Balaban J connectivity index is 2.54. The third kappa shape index (κ3) is 1.93. The first-order valence-corrected chi connectivity index (χ1v) is 4.02. The van der Waals surface area contributed by atoms with Gasteiger partial charge < -0.3 is 10.2 Å². The quantitative estimate of drug-likeness (QED) is 0.595. The molecule has 2 N–H and O–H groups in total. The van der Waals surface area contributed by atoms with Gasteiger partial charge in [-0.25, -0.2) is 0 Å². The van der Waals surface area contributed by atoms with Crippen LogP contribution in [0.5, 0.6) is 0 Å². The minimum atomic E-state index is -0.857. The number of hydrogen-bond acceptors (Lipinski definition) is 2. The lowest BCUT2D eigenvalue weighted by atomic mass is 9.80. The highest BCUT2D eigenvalue weighted by atomic mass is 16.4. The predicted molar refractivity (Wildman–Crippen MR) is 40.1 cm³/mol. The minimum Gasteiger partial charge on any atom is -0.481 e. The number of rotatable bonds is 1. The molecule has 3 heteroatoms. The van der Waals surface area contributed by atoms with E-state index in [2.05, 4.69) is 0 Å². The van der Waals surface area contributed by atoms with Crippen LogP contribution in [-0.2, 0) is 4.79 Å². The molecule has 0 saturated heterocycles. The van der Waals surface area contributed by atoms with Crippen molar-refractivity contribution in [3.05, 3.63) is 0 Å². The highest BCUT2D eigenvalue weighted by molar-refractivity contribution is 5.70. The third-order valence-electron chi connectivity index (χ3n) is 2.39. The molecule has 11 heavy (non-hydrogen) atoms. The van der Waals surface area contributed by atoms with Crippen molar-refractivity contribution in [1.82, 2.24) is 0 Å². The summed E-state index contributed by atoms with van der Waals surface area (Å²) in [5, 5.41) is 17.9. The van der Waals surface area contributed by atoms with E-state index in [4.69, 9.17) is 5.11 Å². The van der Waals surface area contributed by atoms with E-state index < -0.39 is 18.0 Å². The number of aliphatic hydroxyl groups excluding tert-OH is 1. The molecule has 0 aromatic heterocycles. The third-order valence-corrected chi connectivity index (χ3v) is 2.39. The summed E-state index contributed by atoms with van der Waals surface area (Å²) in [6.45, 7) is 2.03. The van der Waals surface area contributed by atoms with Crippen molar-refractivity contribution in [3.63, 3.8) is 0 Å². The van der Waals surface area contributed by atoms with E-state index >= 15 is 0 Å². The Hall–Kier alpha value is -0.570. The minimum absolute atomic E-state index is 0.444. The number of aliphatic hydroxyl groups is 1. The molecule has 0 bridgehead atoms. The van der Waals surface area contributed by atoms with Crippen molar-refractivity contribution >= 4 is 5.97 Å². The summed E-state index contributed by atoms with van der Waals surface area (Å²) < 4.78 is 0. The Morgan fingerprint density at radius 1 is 1.45 bits per heavy atom. The van der Waals surface area contributed by atoms with Crippen LogP contribution in [0.3, 0.4) is 0 Å². The first-order chi connectivity index (χ1) is 5.11. The summed E-state index contributed by atoms with van der Waals surface area (Å²) in [6.07, 6.45) is 1.59. The maximum Gasteiger partial charge on any atom is 0.309 e. The average Bonchev–Trinajstić information content (AvgIpc) is 1.94. The number of carboxylic acids is 1. The van der Waals surface area contributed by atoms with Crippen molar-refractivity contribution in [3.8, 4) is 0 Å². The Labute approximate surface area is 66.0 Å². The van der Waals surface area contributed by atoms with E-state index in [0.717, 1.165) is 6.42 Å². The summed E-state index contributed by atoms with van der Waals surface area (Å²) in [5.74, 6) is -0.942. The lowest BCUT2D eigenvalue weighted by Crippen LogP contribution is -2.33. The van der Waals surface area contributed by atoms with Crippen molar-refractivity contribution in [2.24, 2.45) is 11.8 Å². The van der Waals surface area contributed by atoms with Crippen molar-refractivity contribution in [2.75, 3.05) is 0 Å². The van der Waals surface area contributed by atoms with E-state index in [9.17, 15) is 9.90 Å². The van der Waals surface area contributed by atoms with Gasteiger partial charge in [0.2, 0.25) is 0 Å². The molecule has 0 heterocycles. The summed E-state index contributed by atoms with van der Waals surface area (Å²) in [7, 11) is 0. The fourth-order valence-electron chi connectivity index (χ4n) is 1.63. The molecule has 0 radical (unpaired) electrons. The molecule has 0 spiro atoms. The Morgan fingerprint density at radius 3 is 2.55 bits per heavy atom. The van der Waals surface area contributed by atoms with E-state index in [0.29, 0.717) is 18.8 Å². The second-order valence-electron chi connectivity index (χ2n) is 3.43. The number of carbonyl (C=O) groups is 1. The maximum atomic E-state index is 10.6. The molecule has 0 aromatic carbocycles. The molecule has 0 aliphatic heterocycles. The fraction of sp³-hybridized carbons (Fsp3) is 0.875. The average molecular weight is 158 g/mol. The van der Waals surface area contributed by atoms with Gasteiger partial charge in [0.05, 0.1) is 12.0 Å². The molecule has 64 valence electrons. The molecular weight excluding hydrogens is 144 g/mol. The van der Waals surface area contributed by atoms with E-state index in [-0.39, 0.29) is 0 Å². The topological polar surface area (TPSA) is 57.5 Å². The van der Waals surface area contributed by atoms with Crippen molar-refractivity contribution in [2.45, 2.75) is 32.3 Å². The van der Waals surface area contributed by atoms with Gasteiger partial charge in [-0.1, -0.05) is 6.92 Å². The maximum absolute atomic E-state index is 10.6. The van der Waals surface area contributed by atoms with Gasteiger partial charge in [0.1, 0.15) is 0 Å². The molecule has 1 aliphatic carbocycles. The molecular formula is C8H14O3. The van der Waals surface area contributed by atoms with Crippen molar-refractivity contribution in [1.29, 1.82) is 0 Å². The van der Waals surface area contributed by atoms with Crippen LogP contribution in [0.1, 0.15) is 26.2 Å². The first-order valence-electron chi connectivity index (χ1n) is 4.02. The van der Waals surface area contributed by atoms with E-state index in [1.165, 1.54) is 0 Å². The summed E-state index contributed by atoms with van der Waals surface area (Å²) in [4.78, 5) is 10.6. The van der Waals surface area contributed by atoms with Crippen LogP contribution in [0, 0.1) is 11.8 Å². The molecule has 3 atom stereocenters. The van der Waals surface area contributed by atoms with Gasteiger partial charge in [0, 0.05) is 0 Å². The van der Waals surface area contributed by atoms with E-state index in [1.807, 2.05) is 6.92 Å². The summed E-state index contributed by atoms with van der Waals surface area (Å²) in [6, 6.07) is 0. The molecule has 1 fully saturated rings. The highest BCUT2D eigenvalue weighted by Crippen LogP contribution is 2.28. The molecule has 1 rings (SSSR count). The monoisotopic (exact) mass is 158 g/mol. The normalized spacial score (nSPS) is 38.5. The van der Waals surface area contributed by atoms with Gasteiger partial charge in [-0.15, -0.1) is 0 Å². The first kappa shape index (κ1) is 8.53. The predicted octanol–water partition coefficient (Wildman–Crippen LogP) is 0.868. The zero-order valence-electron chi connectivity index (χ0n) is 6.66. The van der Waals surface area contributed by atoms with Gasteiger partial charge >= 0.3 is 5.97 Å². The summed E-state index contributed by atoms with van der Waals surface area (Å²) >= 11 is 0. The van der Waals surface area contributed by atoms with Crippen LogP contribution in [0.15, 0.2) is 0 Å². The highest BCUT2D eigenvalue weighted by Gasteiger charge is 2.32. The number of hydrogen-bond donors (Lipinski definition) is 2. The lowest BCUT2D eigenvalue weighted by molar-refractivity contribution is -0.148. The fourth-order valence-corrected chi connectivity index (χ4v) is 1.63. The second-order valence-corrected chi connectivity index (χ2v) is 3.43. The SMILES string of the molecule is CC1CCC(O)C(C(=O)O)C1.